The predicted molar refractivity (Wildman–Crippen MR) is 55.8 cm³/mol. The number of nitrogens with zero attached hydrogens (tertiary/aromatic N) is 4. The zero-order valence-corrected chi connectivity index (χ0v) is 9.36. The van der Waals surface area contributed by atoms with Gasteiger partial charge >= 0.3 is 0 Å². The molecule has 1 aliphatic rings. The lowest BCUT2D eigenvalue weighted by Gasteiger charge is -2.09. The molecular formula is C8H12N4O2S. The highest BCUT2D eigenvalue weighted by atomic mass is 32.2. The average Bonchev–Trinajstić information content (AvgIpc) is 2.69. The van der Waals surface area contributed by atoms with Crippen molar-refractivity contribution >= 4 is 23.6 Å². The molecule has 1 saturated heterocycles. The number of amides is 1. The molecule has 1 unspecified atom stereocenters. The van der Waals surface area contributed by atoms with Crippen molar-refractivity contribution in [3.8, 4) is 0 Å². The smallest absolute Gasteiger partial charge is 0.252 e. The normalized spacial score (nSPS) is 21.4. The van der Waals surface area contributed by atoms with Crippen molar-refractivity contribution in [2.45, 2.75) is 17.7 Å². The van der Waals surface area contributed by atoms with Crippen LogP contribution in [-0.4, -0.2) is 44.7 Å². The van der Waals surface area contributed by atoms with Gasteiger partial charge < -0.3 is 5.11 Å². The Bertz CT molecular complexity index is 392. The number of rotatable bonds is 2. The van der Waals surface area contributed by atoms with Gasteiger partial charge in [0.25, 0.3) is 5.95 Å². The molecule has 1 N–H and O–H groups in total. The Hall–Kier alpha value is -1.08. The van der Waals surface area contributed by atoms with Crippen LogP contribution in [0, 0.1) is 0 Å². The highest BCUT2D eigenvalue weighted by Gasteiger charge is 2.31. The topological polar surface area (TPSA) is 71.2 Å². The summed E-state index contributed by atoms with van der Waals surface area (Å²) in [5.74, 6) is 0.254. The summed E-state index contributed by atoms with van der Waals surface area (Å²) in [6.45, 7) is 0.288. The van der Waals surface area contributed by atoms with Crippen molar-refractivity contribution < 1.29 is 9.90 Å². The van der Waals surface area contributed by atoms with Gasteiger partial charge in [-0.05, 0) is 6.26 Å². The number of aryl methyl sites for hydroxylation is 1. The van der Waals surface area contributed by atoms with Crippen LogP contribution in [0.2, 0.25) is 0 Å². The third-order valence-corrected chi connectivity index (χ3v) is 2.96. The minimum absolute atomic E-state index is 0.124. The van der Waals surface area contributed by atoms with Crippen LogP contribution in [0.15, 0.2) is 5.16 Å². The van der Waals surface area contributed by atoms with Gasteiger partial charge in [0.15, 0.2) is 5.16 Å². The van der Waals surface area contributed by atoms with E-state index in [0.29, 0.717) is 5.95 Å². The molecule has 0 aromatic carbocycles. The quantitative estimate of drug-likeness (QED) is 0.700. The number of carbonyl (C=O) groups is 1. The van der Waals surface area contributed by atoms with E-state index in [4.69, 9.17) is 0 Å². The Kier molecular flexibility index (Phi) is 2.66. The van der Waals surface area contributed by atoms with Crippen molar-refractivity contribution in [1.29, 1.82) is 0 Å². The first-order valence-electron chi connectivity index (χ1n) is 4.55. The molecule has 1 atom stereocenters. The number of hydrogen-bond donors (Lipinski definition) is 1. The summed E-state index contributed by atoms with van der Waals surface area (Å²) in [6.07, 6.45) is 1.46. The van der Waals surface area contributed by atoms with Crippen molar-refractivity contribution in [2.24, 2.45) is 7.05 Å². The molecule has 1 fully saturated rings. The molecule has 7 heteroatoms. The minimum Gasteiger partial charge on any atom is -0.391 e. The SMILES string of the molecule is CSc1nc(N2CC(O)CC2=O)nn1C. The molecule has 0 aliphatic carbocycles. The number of β-amino-alcohol motifs (C(OH)–C–C–N with tert-alkyl or cyclic N) is 1. The van der Waals surface area contributed by atoms with Gasteiger partial charge in [0.1, 0.15) is 0 Å². The van der Waals surface area contributed by atoms with Crippen LogP contribution in [-0.2, 0) is 11.8 Å². The summed E-state index contributed by atoms with van der Waals surface area (Å²) in [7, 11) is 1.78. The molecule has 0 radical (unpaired) electrons. The Morgan fingerprint density at radius 1 is 1.60 bits per heavy atom. The molecule has 0 saturated carbocycles. The summed E-state index contributed by atoms with van der Waals surface area (Å²) in [6, 6.07) is 0. The van der Waals surface area contributed by atoms with Crippen LogP contribution in [0.4, 0.5) is 5.95 Å². The Morgan fingerprint density at radius 2 is 2.33 bits per heavy atom. The number of anilines is 1. The first kappa shape index (κ1) is 10.4. The van der Waals surface area contributed by atoms with E-state index in [1.807, 2.05) is 6.26 Å². The van der Waals surface area contributed by atoms with E-state index in [0.717, 1.165) is 5.16 Å². The van der Waals surface area contributed by atoms with Crippen LogP contribution in [0.25, 0.3) is 0 Å². The molecule has 1 aliphatic heterocycles. The molecule has 2 rings (SSSR count). The summed E-state index contributed by atoms with van der Waals surface area (Å²) in [5.41, 5.74) is 0. The van der Waals surface area contributed by atoms with Crippen LogP contribution in [0.5, 0.6) is 0 Å². The lowest BCUT2D eigenvalue weighted by Crippen LogP contribution is -2.26. The first-order valence-corrected chi connectivity index (χ1v) is 5.77. The van der Waals surface area contributed by atoms with Gasteiger partial charge in [0.2, 0.25) is 5.91 Å². The standard InChI is InChI=1S/C8H12N4O2S/c1-11-8(15-2)9-7(10-11)12-4-5(13)3-6(12)14/h5,13H,3-4H2,1-2H3. The molecule has 2 heterocycles. The van der Waals surface area contributed by atoms with Crippen molar-refractivity contribution in [2.75, 3.05) is 17.7 Å². The lowest BCUT2D eigenvalue weighted by atomic mass is 10.3. The number of aliphatic hydroxyl groups is 1. The van der Waals surface area contributed by atoms with Crippen LogP contribution in [0.1, 0.15) is 6.42 Å². The van der Waals surface area contributed by atoms with Gasteiger partial charge in [-0.3, -0.25) is 9.69 Å². The number of carbonyl (C=O) groups excluding carboxylic acids is 1. The van der Waals surface area contributed by atoms with Gasteiger partial charge in [-0.15, -0.1) is 5.10 Å². The maximum atomic E-state index is 11.5. The number of aliphatic hydroxyl groups excluding tert-OH is 1. The van der Waals surface area contributed by atoms with Crippen LogP contribution >= 0.6 is 11.8 Å². The second kappa shape index (κ2) is 3.82. The average molecular weight is 228 g/mol. The molecule has 0 spiro atoms. The third-order valence-electron chi connectivity index (χ3n) is 2.24. The highest BCUT2D eigenvalue weighted by Crippen LogP contribution is 2.20. The van der Waals surface area contributed by atoms with Gasteiger partial charge in [-0.1, -0.05) is 11.8 Å². The van der Waals surface area contributed by atoms with E-state index >= 15 is 0 Å². The van der Waals surface area contributed by atoms with Crippen molar-refractivity contribution in [3.05, 3.63) is 0 Å². The molecule has 15 heavy (non-hydrogen) atoms. The Labute approximate surface area is 91.3 Å². The maximum absolute atomic E-state index is 11.5. The predicted octanol–water partition coefficient (Wildman–Crippen LogP) is -0.365. The fourth-order valence-electron chi connectivity index (χ4n) is 1.53. The zero-order chi connectivity index (χ0) is 11.0. The van der Waals surface area contributed by atoms with Crippen molar-refractivity contribution in [3.63, 3.8) is 0 Å². The van der Waals surface area contributed by atoms with Gasteiger partial charge in [-0.25, -0.2) is 4.68 Å². The summed E-state index contributed by atoms with van der Waals surface area (Å²) in [4.78, 5) is 17.1. The van der Waals surface area contributed by atoms with Crippen molar-refractivity contribution in [1.82, 2.24) is 14.8 Å². The van der Waals surface area contributed by atoms with Gasteiger partial charge in [0.05, 0.1) is 19.1 Å². The number of aromatic nitrogens is 3. The second-order valence-electron chi connectivity index (χ2n) is 3.38. The largest absolute Gasteiger partial charge is 0.391 e. The molecule has 6 nitrogen and oxygen atoms in total. The number of thioether (sulfide) groups is 1. The van der Waals surface area contributed by atoms with E-state index in [2.05, 4.69) is 10.1 Å². The zero-order valence-electron chi connectivity index (χ0n) is 8.54. The molecule has 1 aromatic heterocycles. The second-order valence-corrected chi connectivity index (χ2v) is 4.16. The molecule has 1 amide bonds. The lowest BCUT2D eigenvalue weighted by molar-refractivity contribution is -0.117. The summed E-state index contributed by atoms with van der Waals surface area (Å²) < 4.78 is 1.62. The van der Waals surface area contributed by atoms with E-state index < -0.39 is 6.10 Å². The van der Waals surface area contributed by atoms with Crippen LogP contribution < -0.4 is 4.90 Å². The molecule has 82 valence electrons. The first-order chi connectivity index (χ1) is 7.11. The van der Waals surface area contributed by atoms with E-state index in [-0.39, 0.29) is 18.9 Å². The molecular weight excluding hydrogens is 216 g/mol. The fraction of sp³-hybridized carbons (Fsp3) is 0.625. The van der Waals surface area contributed by atoms with Gasteiger partial charge in [0, 0.05) is 7.05 Å². The van der Waals surface area contributed by atoms with E-state index in [1.165, 1.54) is 16.7 Å². The number of hydrogen-bond acceptors (Lipinski definition) is 5. The highest BCUT2D eigenvalue weighted by molar-refractivity contribution is 7.98. The minimum atomic E-state index is -0.598. The summed E-state index contributed by atoms with van der Waals surface area (Å²) >= 11 is 1.47. The summed E-state index contributed by atoms with van der Waals surface area (Å²) in [5, 5.41) is 14.2. The van der Waals surface area contributed by atoms with E-state index in [1.54, 1.807) is 11.7 Å². The molecule has 1 aromatic rings. The third kappa shape index (κ3) is 1.84. The Balaban J connectivity index is 2.26. The maximum Gasteiger partial charge on any atom is 0.252 e. The monoisotopic (exact) mass is 228 g/mol. The fourth-order valence-corrected chi connectivity index (χ4v) is 2.01. The van der Waals surface area contributed by atoms with Gasteiger partial charge in [-0.2, -0.15) is 4.98 Å². The Morgan fingerprint density at radius 3 is 2.80 bits per heavy atom. The molecule has 0 bridgehead atoms. The van der Waals surface area contributed by atoms with E-state index in [9.17, 15) is 9.90 Å². The van der Waals surface area contributed by atoms with Crippen LogP contribution in [0.3, 0.4) is 0 Å².